The first-order valence-electron chi connectivity index (χ1n) is 10.6. The molecule has 2 rings (SSSR count). The molecule has 0 aliphatic carbocycles. The van der Waals surface area contributed by atoms with Gasteiger partial charge in [-0.2, -0.15) is 0 Å². The first kappa shape index (κ1) is 23.4. The van der Waals surface area contributed by atoms with E-state index in [2.05, 4.69) is 6.92 Å². The Balaban J connectivity index is 2.04. The summed E-state index contributed by atoms with van der Waals surface area (Å²) in [4.78, 5) is 37.0. The lowest BCUT2D eigenvalue weighted by molar-refractivity contribution is -0.237. The minimum Gasteiger partial charge on any atom is -0.462 e. The van der Waals surface area contributed by atoms with Crippen LogP contribution in [0.5, 0.6) is 0 Å². The molecule has 0 radical (unpaired) electrons. The summed E-state index contributed by atoms with van der Waals surface area (Å²) in [5.41, 5.74) is 6.44. The van der Waals surface area contributed by atoms with Crippen molar-refractivity contribution in [2.45, 2.75) is 71.5 Å². The number of hydrogen-bond acceptors (Lipinski definition) is 7. The van der Waals surface area contributed by atoms with Gasteiger partial charge in [-0.05, 0) is 24.1 Å². The molecule has 1 aromatic rings. The summed E-state index contributed by atoms with van der Waals surface area (Å²) in [6, 6.07) is 6.21. The predicted octanol–water partition coefficient (Wildman–Crippen LogP) is 4.10. The molecule has 1 aromatic carbocycles. The fourth-order valence-corrected chi connectivity index (χ4v) is 3.19. The molecule has 30 heavy (non-hydrogen) atoms. The van der Waals surface area contributed by atoms with E-state index in [9.17, 15) is 14.4 Å². The average Bonchev–Trinajstić information content (AvgIpc) is 2.75. The molecule has 0 atom stereocenters. The number of esters is 3. The maximum atomic E-state index is 12.4. The Hall–Kier alpha value is -2.83. The van der Waals surface area contributed by atoms with Crippen molar-refractivity contribution in [2.24, 2.45) is 5.73 Å². The molecule has 1 aliphatic rings. The van der Waals surface area contributed by atoms with Crippen LogP contribution in [0.25, 0.3) is 5.70 Å². The third-order valence-corrected chi connectivity index (χ3v) is 5.22. The van der Waals surface area contributed by atoms with Gasteiger partial charge in [-0.15, -0.1) is 0 Å². The normalized spacial score (nSPS) is 15.4. The van der Waals surface area contributed by atoms with Crippen molar-refractivity contribution in [3.8, 4) is 0 Å². The second-order valence-corrected chi connectivity index (χ2v) is 7.31. The molecule has 0 aromatic heterocycles. The predicted molar refractivity (Wildman–Crippen MR) is 112 cm³/mol. The van der Waals surface area contributed by atoms with Crippen LogP contribution in [0.1, 0.15) is 81.6 Å². The molecule has 0 spiro atoms. The summed E-state index contributed by atoms with van der Waals surface area (Å²) in [5, 5.41) is 0. The van der Waals surface area contributed by atoms with Crippen molar-refractivity contribution in [2.75, 3.05) is 6.61 Å². The van der Waals surface area contributed by atoms with Crippen LogP contribution < -0.4 is 5.73 Å². The third kappa shape index (κ3) is 5.62. The zero-order valence-electron chi connectivity index (χ0n) is 18.0. The highest BCUT2D eigenvalue weighted by Crippen LogP contribution is 2.31. The minimum atomic E-state index is -1.25. The van der Waals surface area contributed by atoms with Crippen molar-refractivity contribution < 1.29 is 28.6 Å². The number of nitrogens with two attached hydrogens (primary N) is 1. The highest BCUT2D eigenvalue weighted by atomic mass is 16.7. The smallest absolute Gasteiger partial charge is 0.351 e. The topological polar surface area (TPSA) is 105 Å². The number of carbonyl (C=O) groups excluding carboxylic acids is 3. The summed E-state index contributed by atoms with van der Waals surface area (Å²) in [6.45, 7) is 6.07. The van der Waals surface area contributed by atoms with Gasteiger partial charge in [0.05, 0.1) is 17.9 Å². The van der Waals surface area contributed by atoms with Crippen molar-refractivity contribution in [1.82, 2.24) is 0 Å². The van der Waals surface area contributed by atoms with Gasteiger partial charge < -0.3 is 19.9 Å². The Bertz CT molecular complexity index is 770. The van der Waals surface area contributed by atoms with Gasteiger partial charge in [0.1, 0.15) is 0 Å². The summed E-state index contributed by atoms with van der Waals surface area (Å²) in [6.07, 6.45) is 6.06. The number of carbonyl (C=O) groups is 3. The van der Waals surface area contributed by atoms with E-state index in [1.807, 2.05) is 0 Å². The van der Waals surface area contributed by atoms with Gasteiger partial charge in [-0.25, -0.2) is 14.4 Å². The van der Waals surface area contributed by atoms with Gasteiger partial charge in [0.25, 0.3) is 5.79 Å². The molecule has 7 heteroatoms. The molecule has 0 amide bonds. The standard InChI is InChI=1S/C23H31NO6/c1-4-7-8-9-10-15-28-20(25)17-13-11-16(12-14-17)19(24)18-21(26)29-23(5-2,6-3)30-22(18)27/h11-14H,4-10,15,24H2,1-3H3. The van der Waals surface area contributed by atoms with Gasteiger partial charge in [-0.1, -0.05) is 58.6 Å². The third-order valence-electron chi connectivity index (χ3n) is 5.22. The summed E-state index contributed by atoms with van der Waals surface area (Å²) >= 11 is 0. The maximum Gasteiger partial charge on any atom is 0.351 e. The largest absolute Gasteiger partial charge is 0.462 e. The van der Waals surface area contributed by atoms with Gasteiger partial charge >= 0.3 is 17.9 Å². The van der Waals surface area contributed by atoms with E-state index in [1.54, 1.807) is 38.1 Å². The molecule has 0 saturated carbocycles. The van der Waals surface area contributed by atoms with E-state index < -0.39 is 23.7 Å². The first-order valence-corrected chi connectivity index (χ1v) is 10.6. The van der Waals surface area contributed by atoms with E-state index in [0.29, 0.717) is 30.6 Å². The molecule has 1 heterocycles. The molecule has 1 saturated heterocycles. The molecule has 164 valence electrons. The number of unbranched alkanes of at least 4 members (excludes halogenated alkanes) is 4. The number of hydrogen-bond donors (Lipinski definition) is 1. The van der Waals surface area contributed by atoms with Gasteiger partial charge in [0.2, 0.25) is 0 Å². The monoisotopic (exact) mass is 417 g/mol. The van der Waals surface area contributed by atoms with Gasteiger partial charge in [0, 0.05) is 12.8 Å². The SMILES string of the molecule is CCCCCCCOC(=O)c1ccc(C(N)=C2C(=O)OC(CC)(CC)OC2=O)cc1. The second kappa shape index (κ2) is 10.8. The van der Waals surface area contributed by atoms with Crippen LogP contribution in [0.2, 0.25) is 0 Å². The number of benzene rings is 1. The lowest BCUT2D eigenvalue weighted by atomic mass is 10.0. The fourth-order valence-electron chi connectivity index (χ4n) is 3.19. The quantitative estimate of drug-likeness (QED) is 0.264. The maximum absolute atomic E-state index is 12.4. The molecule has 0 bridgehead atoms. The fraction of sp³-hybridized carbons (Fsp3) is 0.522. The second-order valence-electron chi connectivity index (χ2n) is 7.31. The van der Waals surface area contributed by atoms with Crippen LogP contribution in [0.4, 0.5) is 0 Å². The highest BCUT2D eigenvalue weighted by molar-refractivity contribution is 6.20. The molecule has 2 N–H and O–H groups in total. The Kier molecular flexibility index (Phi) is 8.45. The lowest BCUT2D eigenvalue weighted by Crippen LogP contribution is -2.46. The van der Waals surface area contributed by atoms with Crippen molar-refractivity contribution in [1.29, 1.82) is 0 Å². The van der Waals surface area contributed by atoms with Crippen LogP contribution in [0.3, 0.4) is 0 Å². The molecular formula is C23H31NO6. The lowest BCUT2D eigenvalue weighted by Gasteiger charge is -2.35. The number of rotatable bonds is 10. The van der Waals surface area contributed by atoms with Gasteiger partial charge in [0.15, 0.2) is 5.57 Å². The van der Waals surface area contributed by atoms with E-state index in [1.165, 1.54) is 12.8 Å². The average molecular weight is 418 g/mol. The van der Waals surface area contributed by atoms with Crippen LogP contribution in [-0.2, 0) is 23.8 Å². The zero-order chi connectivity index (χ0) is 22.1. The zero-order valence-corrected chi connectivity index (χ0v) is 18.0. The van der Waals surface area contributed by atoms with E-state index in [-0.39, 0.29) is 11.3 Å². The number of ether oxygens (including phenoxy) is 3. The molecular weight excluding hydrogens is 386 g/mol. The summed E-state index contributed by atoms with van der Waals surface area (Å²) < 4.78 is 16.0. The summed E-state index contributed by atoms with van der Waals surface area (Å²) in [5.74, 6) is -3.28. The van der Waals surface area contributed by atoms with Crippen LogP contribution in [-0.4, -0.2) is 30.3 Å². The Morgan fingerprint density at radius 2 is 1.43 bits per heavy atom. The van der Waals surface area contributed by atoms with E-state index >= 15 is 0 Å². The van der Waals surface area contributed by atoms with Crippen molar-refractivity contribution in [3.05, 3.63) is 41.0 Å². The van der Waals surface area contributed by atoms with Crippen molar-refractivity contribution in [3.63, 3.8) is 0 Å². The van der Waals surface area contributed by atoms with E-state index in [0.717, 1.165) is 19.3 Å². The van der Waals surface area contributed by atoms with Crippen LogP contribution >= 0.6 is 0 Å². The van der Waals surface area contributed by atoms with Crippen LogP contribution in [0, 0.1) is 0 Å². The van der Waals surface area contributed by atoms with Crippen molar-refractivity contribution >= 4 is 23.6 Å². The molecule has 1 fully saturated rings. The Morgan fingerprint density at radius 3 is 1.97 bits per heavy atom. The number of cyclic esters (lactones) is 2. The van der Waals surface area contributed by atoms with Gasteiger partial charge in [-0.3, -0.25) is 0 Å². The van der Waals surface area contributed by atoms with Crippen LogP contribution in [0.15, 0.2) is 29.8 Å². The van der Waals surface area contributed by atoms with E-state index in [4.69, 9.17) is 19.9 Å². The minimum absolute atomic E-state index is 0.0540. The Morgan fingerprint density at radius 1 is 0.900 bits per heavy atom. The molecule has 1 aliphatic heterocycles. The summed E-state index contributed by atoms with van der Waals surface area (Å²) in [7, 11) is 0. The molecule has 7 nitrogen and oxygen atoms in total. The highest BCUT2D eigenvalue weighted by Gasteiger charge is 2.44. The molecule has 0 unspecified atom stereocenters. The Labute approximate surface area is 177 Å². The first-order chi connectivity index (χ1) is 14.4.